The molecule has 6 rings (SSSR count). The minimum absolute atomic E-state index is 0.00710. The number of carbonyl (C=O) groups excluding carboxylic acids is 1. The van der Waals surface area contributed by atoms with E-state index in [2.05, 4.69) is 4.90 Å². The number of non-ortho nitro benzene ring substituents is 1. The Kier molecular flexibility index (Phi) is 5.38. The minimum Gasteiger partial charge on any atom is -0.508 e. The zero-order valence-corrected chi connectivity index (χ0v) is 20.0. The average molecular weight is 492 g/mol. The van der Waals surface area contributed by atoms with Gasteiger partial charge in [0.2, 0.25) is 0 Å². The molecule has 0 amide bonds. The second kappa shape index (κ2) is 8.38. The van der Waals surface area contributed by atoms with Crippen LogP contribution < -0.4 is 0 Å². The Hall–Kier alpha value is -3.30. The third-order valence-corrected chi connectivity index (χ3v) is 8.98. The maximum absolute atomic E-state index is 12.7. The number of rotatable bonds is 3. The smallest absolute Gasteiger partial charge is 0.311 e. The summed E-state index contributed by atoms with van der Waals surface area (Å²) in [6.45, 7) is 1.52. The van der Waals surface area contributed by atoms with Crippen LogP contribution in [-0.4, -0.2) is 64.1 Å². The third-order valence-electron chi connectivity index (χ3n) is 8.98. The first-order chi connectivity index (χ1) is 17.3. The predicted molar refractivity (Wildman–Crippen MR) is 131 cm³/mol. The van der Waals surface area contributed by atoms with Crippen LogP contribution >= 0.6 is 0 Å². The number of nitrogens with zero attached hydrogens (tertiary/aromatic N) is 3. The van der Waals surface area contributed by atoms with Gasteiger partial charge in [-0.15, -0.1) is 0 Å². The summed E-state index contributed by atoms with van der Waals surface area (Å²) in [5.41, 5.74) is 2.21. The van der Waals surface area contributed by atoms with Crippen LogP contribution in [0, 0.1) is 27.9 Å². The highest BCUT2D eigenvalue weighted by atomic mass is 16.6. The number of aliphatic hydroxyl groups is 1. The molecule has 0 radical (unpaired) electrons. The predicted octanol–water partition coefficient (Wildman–Crippen LogP) is 3.33. The summed E-state index contributed by atoms with van der Waals surface area (Å²) in [5, 5.41) is 33.4. The van der Waals surface area contributed by atoms with Crippen molar-refractivity contribution in [2.45, 2.75) is 43.2 Å². The van der Waals surface area contributed by atoms with Gasteiger partial charge in [-0.05, 0) is 55.2 Å². The van der Waals surface area contributed by atoms with Crippen molar-refractivity contribution in [2.24, 2.45) is 22.7 Å². The van der Waals surface area contributed by atoms with Crippen molar-refractivity contribution in [2.75, 3.05) is 20.2 Å². The van der Waals surface area contributed by atoms with Gasteiger partial charge in [0.1, 0.15) is 5.75 Å². The number of esters is 1. The van der Waals surface area contributed by atoms with Gasteiger partial charge < -0.3 is 14.9 Å². The Bertz CT molecular complexity index is 1280. The minimum atomic E-state index is -0.797. The Morgan fingerprint density at radius 3 is 2.81 bits per heavy atom. The molecule has 2 aromatic carbocycles. The molecule has 188 valence electrons. The molecular weight excluding hydrogens is 462 g/mol. The maximum Gasteiger partial charge on any atom is 0.311 e. The van der Waals surface area contributed by atoms with Gasteiger partial charge in [0, 0.05) is 36.8 Å². The number of methoxy groups -OCH3 is 1. The number of piperidine rings is 2. The van der Waals surface area contributed by atoms with Crippen LogP contribution in [0.4, 0.5) is 11.4 Å². The Morgan fingerprint density at radius 2 is 2.03 bits per heavy atom. The first-order valence-electron chi connectivity index (χ1n) is 12.5. The van der Waals surface area contributed by atoms with E-state index in [4.69, 9.17) is 9.73 Å². The van der Waals surface area contributed by atoms with Gasteiger partial charge in [0.25, 0.3) is 5.69 Å². The summed E-state index contributed by atoms with van der Waals surface area (Å²) in [5.74, 6) is -0.726. The zero-order chi connectivity index (χ0) is 25.2. The molecule has 3 fully saturated rings. The second-order valence-corrected chi connectivity index (χ2v) is 10.5. The quantitative estimate of drug-likeness (QED) is 0.383. The summed E-state index contributed by atoms with van der Waals surface area (Å²) < 4.78 is 5.08. The number of ether oxygens (including phenoxy) is 1. The molecule has 36 heavy (non-hydrogen) atoms. The van der Waals surface area contributed by atoms with E-state index in [0.717, 1.165) is 36.5 Å². The van der Waals surface area contributed by atoms with Crippen LogP contribution in [0.5, 0.6) is 5.75 Å². The lowest BCUT2D eigenvalue weighted by atomic mass is 9.59. The average Bonchev–Trinajstić information content (AvgIpc) is 3.23. The topological polar surface area (TPSA) is 126 Å². The number of phenolic OH excluding ortho intramolecular Hbond substituents is 1. The van der Waals surface area contributed by atoms with Crippen LogP contribution in [0.25, 0.3) is 0 Å². The monoisotopic (exact) mass is 491 g/mol. The Labute approximate surface area is 208 Å². The molecule has 1 aliphatic carbocycles. The van der Waals surface area contributed by atoms with Crippen LogP contribution in [-0.2, 0) is 14.9 Å². The van der Waals surface area contributed by atoms with Gasteiger partial charge in [-0.3, -0.25) is 24.8 Å². The lowest BCUT2D eigenvalue weighted by Gasteiger charge is -2.54. The highest BCUT2D eigenvalue weighted by molar-refractivity contribution is 6.09. The number of aliphatic imine (C=N–C) groups is 1. The first-order valence-corrected chi connectivity index (χ1v) is 12.5. The van der Waals surface area contributed by atoms with E-state index in [1.54, 1.807) is 0 Å². The molecule has 3 aliphatic heterocycles. The van der Waals surface area contributed by atoms with Crippen LogP contribution in [0.3, 0.4) is 0 Å². The molecular formula is C27H29N3O6. The van der Waals surface area contributed by atoms with Crippen molar-refractivity contribution in [3.8, 4) is 5.75 Å². The fourth-order valence-electron chi connectivity index (χ4n) is 7.38. The lowest BCUT2D eigenvalue weighted by Crippen LogP contribution is -2.63. The largest absolute Gasteiger partial charge is 0.508 e. The Morgan fingerprint density at radius 1 is 1.22 bits per heavy atom. The van der Waals surface area contributed by atoms with Crippen molar-refractivity contribution in [3.05, 3.63) is 63.7 Å². The molecule has 0 spiro atoms. The van der Waals surface area contributed by atoms with Gasteiger partial charge >= 0.3 is 5.97 Å². The van der Waals surface area contributed by atoms with Gasteiger partial charge in [0.05, 0.1) is 40.9 Å². The van der Waals surface area contributed by atoms with Crippen molar-refractivity contribution in [1.29, 1.82) is 0 Å². The molecule has 0 unspecified atom stereocenters. The zero-order valence-electron chi connectivity index (χ0n) is 20.0. The van der Waals surface area contributed by atoms with E-state index < -0.39 is 22.4 Å². The molecule has 0 bridgehead atoms. The number of aromatic hydroxyl groups is 1. The summed E-state index contributed by atoms with van der Waals surface area (Å²) >= 11 is 0. The van der Waals surface area contributed by atoms with E-state index in [0.29, 0.717) is 24.8 Å². The summed E-state index contributed by atoms with van der Waals surface area (Å²) in [7, 11) is 1.36. The summed E-state index contributed by atoms with van der Waals surface area (Å²) in [4.78, 5) is 31.4. The molecule has 3 heterocycles. The van der Waals surface area contributed by atoms with Gasteiger partial charge in [0.15, 0.2) is 0 Å². The van der Waals surface area contributed by atoms with Crippen molar-refractivity contribution in [1.82, 2.24) is 4.90 Å². The maximum atomic E-state index is 12.7. The summed E-state index contributed by atoms with van der Waals surface area (Å²) in [6.07, 6.45) is 1.96. The number of para-hydroxylation sites is 1. The normalized spacial score (nSPS) is 32.9. The van der Waals surface area contributed by atoms with Crippen molar-refractivity contribution < 1.29 is 24.7 Å². The van der Waals surface area contributed by atoms with E-state index in [9.17, 15) is 25.1 Å². The van der Waals surface area contributed by atoms with Crippen LogP contribution in [0.15, 0.2) is 47.5 Å². The number of hydrogen-bond donors (Lipinski definition) is 2. The molecule has 2 N–H and O–H groups in total. The van der Waals surface area contributed by atoms with Crippen molar-refractivity contribution >= 4 is 23.1 Å². The van der Waals surface area contributed by atoms with Crippen LogP contribution in [0.1, 0.15) is 36.8 Å². The molecule has 4 aliphatic rings. The van der Waals surface area contributed by atoms with Gasteiger partial charge in [-0.2, -0.15) is 0 Å². The molecule has 2 aromatic rings. The highest BCUT2D eigenvalue weighted by Crippen LogP contribution is 2.55. The molecule has 1 saturated carbocycles. The van der Waals surface area contributed by atoms with E-state index in [1.165, 1.54) is 25.3 Å². The molecule has 6 atom stereocenters. The molecule has 0 aromatic heterocycles. The van der Waals surface area contributed by atoms with E-state index >= 15 is 0 Å². The number of benzene rings is 2. The second-order valence-electron chi connectivity index (χ2n) is 10.5. The third kappa shape index (κ3) is 3.22. The number of phenols is 1. The number of carbonyl (C=O) groups is 1. The lowest BCUT2D eigenvalue weighted by molar-refractivity contribution is -0.385. The molecule has 2 saturated heterocycles. The Balaban J connectivity index is 1.48. The highest BCUT2D eigenvalue weighted by Gasteiger charge is 2.57. The number of nitro benzene ring substituents is 1. The van der Waals surface area contributed by atoms with Crippen LogP contribution in [0.2, 0.25) is 0 Å². The summed E-state index contributed by atoms with van der Waals surface area (Å²) in [6, 6.07) is 11.9. The van der Waals surface area contributed by atoms with Gasteiger partial charge in [-0.25, -0.2) is 0 Å². The molecule has 9 nitrogen and oxygen atoms in total. The van der Waals surface area contributed by atoms with E-state index in [1.807, 2.05) is 24.3 Å². The number of fused-ring (bicyclic) bond motifs is 6. The van der Waals surface area contributed by atoms with Gasteiger partial charge in [-0.1, -0.05) is 18.2 Å². The molecule has 9 heteroatoms. The fourth-order valence-corrected chi connectivity index (χ4v) is 7.38. The first kappa shape index (κ1) is 23.1. The number of nitro groups is 1. The SMILES string of the molecule is COC(=O)[C@@H]1[C@H]2C[C@H]3C4=Nc5ccccc5[C@]4(c4cc([N+](=O)[O-])ccc4O)CCN3C[C@@H]2CC[C@@H]1O. The van der Waals surface area contributed by atoms with Crippen molar-refractivity contribution in [3.63, 3.8) is 0 Å². The number of hydrogen-bond acceptors (Lipinski definition) is 8. The number of aliphatic hydroxyl groups excluding tert-OH is 1. The standard InChI is InChI=1S/C27H29N3O6/c1-36-26(33)24-17-13-21-25-27(18-4-2-3-5-20(18)28-25,19-12-16(30(34)35)7-9-22(19)31)10-11-29(21)14-15(17)6-8-23(24)32/h2-5,7,9,12,15,17,21,23-24,31-32H,6,8,10-11,13-14H2,1H3/t15-,17-,21-,23-,24+,27-/m0/s1. The van der Waals surface area contributed by atoms with E-state index in [-0.39, 0.29) is 35.3 Å². The fraction of sp³-hybridized carbons (Fsp3) is 0.481.